The van der Waals surface area contributed by atoms with Gasteiger partial charge in [0.25, 0.3) is 0 Å². The molecule has 2 aromatic carbocycles. The van der Waals surface area contributed by atoms with Gasteiger partial charge in [-0.05, 0) is 43.7 Å². The van der Waals surface area contributed by atoms with Gasteiger partial charge in [-0.15, -0.1) is 11.8 Å². The maximum atomic E-state index is 14.7. The molecular weight excluding hydrogens is 572 g/mol. The lowest BCUT2D eigenvalue weighted by molar-refractivity contribution is -0.137. The second-order valence-corrected chi connectivity index (χ2v) is 11.4. The van der Waals surface area contributed by atoms with Crippen molar-refractivity contribution in [3.63, 3.8) is 0 Å². The number of aromatic nitrogens is 2. The number of halogens is 5. The average Bonchev–Trinajstić information content (AvgIpc) is 3.06. The Morgan fingerprint density at radius 1 is 1.20 bits per heavy atom. The first-order chi connectivity index (χ1) is 18.8. The molecule has 2 aliphatic heterocycles. The van der Waals surface area contributed by atoms with E-state index in [9.17, 15) is 32.3 Å². The van der Waals surface area contributed by atoms with Crippen LogP contribution in [0.25, 0.3) is 22.0 Å². The Hall–Kier alpha value is -3.09. The summed E-state index contributed by atoms with van der Waals surface area (Å²) >= 11 is 6.95. The van der Waals surface area contributed by atoms with Gasteiger partial charge in [0.2, 0.25) is 5.91 Å². The molecule has 1 N–H and O–H groups in total. The third-order valence-electron chi connectivity index (χ3n) is 7.17. The first-order valence-electron chi connectivity index (χ1n) is 12.5. The number of aliphatic hydroxyl groups is 1. The van der Waals surface area contributed by atoms with Crippen LogP contribution in [0.5, 0.6) is 0 Å². The molecule has 0 radical (unpaired) electrons. The van der Waals surface area contributed by atoms with Gasteiger partial charge in [0.1, 0.15) is 11.6 Å². The van der Waals surface area contributed by atoms with Crippen molar-refractivity contribution in [2.24, 2.45) is 0 Å². The molecule has 13 heteroatoms. The first kappa shape index (κ1) is 28.4. The number of hydrogen-bond acceptors (Lipinski definition) is 6. The molecule has 0 bridgehead atoms. The van der Waals surface area contributed by atoms with Gasteiger partial charge in [0.05, 0.1) is 28.8 Å². The van der Waals surface area contributed by atoms with Gasteiger partial charge in [-0.2, -0.15) is 18.2 Å². The fraction of sp³-hybridized carbons (Fsp3) is 0.370. The zero-order valence-electron chi connectivity index (χ0n) is 21.5. The second kappa shape index (κ2) is 10.4. The van der Waals surface area contributed by atoms with E-state index in [0.717, 1.165) is 30.0 Å². The van der Waals surface area contributed by atoms with Crippen molar-refractivity contribution in [2.75, 3.05) is 23.7 Å². The third kappa shape index (κ3) is 4.86. The lowest BCUT2D eigenvalue weighted by Gasteiger charge is -2.44. The van der Waals surface area contributed by atoms with Crippen LogP contribution < -0.4 is 10.6 Å². The molecule has 1 fully saturated rings. The number of aliphatic hydroxyl groups excluding tert-OH is 1. The summed E-state index contributed by atoms with van der Waals surface area (Å²) in [6.45, 7) is 7.42. The van der Waals surface area contributed by atoms with E-state index in [2.05, 4.69) is 11.6 Å². The molecule has 1 aromatic heterocycles. The maximum Gasteiger partial charge on any atom is 0.417 e. The molecule has 3 aromatic rings. The van der Waals surface area contributed by atoms with Crippen LogP contribution in [-0.2, 0) is 17.5 Å². The molecule has 0 aliphatic carbocycles. The van der Waals surface area contributed by atoms with Crippen molar-refractivity contribution in [3.8, 4) is 11.1 Å². The molecule has 1 saturated heterocycles. The van der Waals surface area contributed by atoms with Crippen molar-refractivity contribution < 1.29 is 27.5 Å². The molecule has 3 heterocycles. The molecule has 212 valence electrons. The number of benzene rings is 2. The monoisotopic (exact) mass is 596 g/mol. The van der Waals surface area contributed by atoms with Crippen LogP contribution in [0.2, 0.25) is 5.02 Å². The SMILES string of the molecule is C=CC(=O)N1[C@H](C)CN(c2nc(=O)n3c4c(c(-c5ccc(F)c(Cl)c5)c(C(F)(F)F)cc24)SCC(O)C3)C[C@@H]1C. The quantitative estimate of drug-likeness (QED) is 0.340. The van der Waals surface area contributed by atoms with E-state index in [1.807, 2.05) is 0 Å². The van der Waals surface area contributed by atoms with Gasteiger partial charge in [0.15, 0.2) is 0 Å². The Kier molecular flexibility index (Phi) is 7.38. The third-order valence-corrected chi connectivity index (χ3v) is 8.70. The van der Waals surface area contributed by atoms with E-state index in [1.54, 1.807) is 23.6 Å². The Labute approximate surface area is 236 Å². The fourth-order valence-corrected chi connectivity index (χ4v) is 6.96. The minimum Gasteiger partial charge on any atom is -0.390 e. The summed E-state index contributed by atoms with van der Waals surface area (Å²) in [4.78, 5) is 33.4. The predicted molar refractivity (Wildman–Crippen MR) is 146 cm³/mol. The highest BCUT2D eigenvalue weighted by Gasteiger charge is 2.39. The summed E-state index contributed by atoms with van der Waals surface area (Å²) < 4.78 is 59.2. The van der Waals surface area contributed by atoms with E-state index >= 15 is 0 Å². The second-order valence-electron chi connectivity index (χ2n) is 10.00. The van der Waals surface area contributed by atoms with Gasteiger partial charge in [-0.3, -0.25) is 9.36 Å². The van der Waals surface area contributed by atoms with Gasteiger partial charge in [-0.1, -0.05) is 24.2 Å². The normalized spacial score (nSPS) is 21.4. The van der Waals surface area contributed by atoms with E-state index in [0.29, 0.717) is 0 Å². The number of amides is 1. The Balaban J connectivity index is 1.82. The molecule has 7 nitrogen and oxygen atoms in total. The summed E-state index contributed by atoms with van der Waals surface area (Å²) in [6.07, 6.45) is -4.65. The minimum atomic E-state index is -4.83. The van der Waals surface area contributed by atoms with E-state index < -0.39 is 29.4 Å². The van der Waals surface area contributed by atoms with Crippen molar-refractivity contribution in [1.82, 2.24) is 14.5 Å². The van der Waals surface area contributed by atoms with E-state index in [1.165, 1.54) is 16.7 Å². The zero-order valence-corrected chi connectivity index (χ0v) is 23.1. The Morgan fingerprint density at radius 3 is 2.48 bits per heavy atom. The predicted octanol–water partition coefficient (Wildman–Crippen LogP) is 4.95. The first-order valence-corrected chi connectivity index (χ1v) is 13.8. The molecule has 1 unspecified atom stereocenters. The number of alkyl halides is 3. The maximum absolute atomic E-state index is 14.7. The van der Waals surface area contributed by atoms with Crippen LogP contribution in [0.1, 0.15) is 19.4 Å². The molecule has 0 spiro atoms. The van der Waals surface area contributed by atoms with Crippen LogP contribution in [0, 0.1) is 5.82 Å². The van der Waals surface area contributed by atoms with Crippen LogP contribution in [0.3, 0.4) is 0 Å². The number of anilines is 1. The summed E-state index contributed by atoms with van der Waals surface area (Å²) in [5.41, 5.74) is -1.76. The molecule has 0 saturated carbocycles. The molecule has 5 rings (SSSR count). The molecule has 40 heavy (non-hydrogen) atoms. The van der Waals surface area contributed by atoms with Gasteiger partial charge in [-0.25, -0.2) is 9.18 Å². The van der Waals surface area contributed by atoms with Crippen molar-refractivity contribution in [2.45, 2.75) is 49.7 Å². The fourth-order valence-electron chi connectivity index (χ4n) is 5.58. The lowest BCUT2D eigenvalue weighted by atomic mass is 9.96. The standard InChI is InChI=1S/C27H25ClF4N4O3S/c1-4-21(38)36-13(2)9-34(10-14(36)3)25-17-8-18(27(30,31)32)22(15-5-6-20(29)19(28)7-15)24-23(17)35(26(39)33-25)11-16(37)12-40-24/h4-8,13-14,16,37H,1,9-12H2,2-3H3/t13-,14+,16?. The van der Waals surface area contributed by atoms with Crippen molar-refractivity contribution >= 4 is 46.0 Å². The highest BCUT2D eigenvalue weighted by atomic mass is 35.5. The highest BCUT2D eigenvalue weighted by Crippen LogP contribution is 2.48. The number of carbonyl (C=O) groups is 1. The van der Waals surface area contributed by atoms with E-state index in [-0.39, 0.29) is 81.1 Å². The Bertz CT molecular complexity index is 1580. The van der Waals surface area contributed by atoms with Crippen LogP contribution in [-0.4, -0.2) is 62.5 Å². The number of hydrogen-bond donors (Lipinski definition) is 1. The largest absolute Gasteiger partial charge is 0.417 e. The summed E-state index contributed by atoms with van der Waals surface area (Å²) in [6, 6.07) is 3.58. The Morgan fingerprint density at radius 2 is 1.88 bits per heavy atom. The van der Waals surface area contributed by atoms with Crippen LogP contribution >= 0.6 is 23.4 Å². The molecule has 2 aliphatic rings. The summed E-state index contributed by atoms with van der Waals surface area (Å²) in [7, 11) is 0. The van der Waals surface area contributed by atoms with Crippen LogP contribution in [0.15, 0.2) is 46.6 Å². The highest BCUT2D eigenvalue weighted by molar-refractivity contribution is 7.99. The van der Waals surface area contributed by atoms with Crippen molar-refractivity contribution in [3.05, 3.63) is 63.8 Å². The number of nitrogens with zero attached hydrogens (tertiary/aromatic N) is 4. The number of rotatable bonds is 3. The smallest absolute Gasteiger partial charge is 0.390 e. The average molecular weight is 597 g/mol. The summed E-state index contributed by atoms with van der Waals surface area (Å²) in [5.74, 6) is -0.971. The minimum absolute atomic E-state index is 0.0190. The zero-order chi connectivity index (χ0) is 29.1. The summed E-state index contributed by atoms with van der Waals surface area (Å²) in [5, 5.41) is 10.3. The van der Waals surface area contributed by atoms with Crippen molar-refractivity contribution in [1.29, 1.82) is 0 Å². The van der Waals surface area contributed by atoms with Gasteiger partial charge >= 0.3 is 11.9 Å². The molecular formula is C27H25ClF4N4O3S. The topological polar surface area (TPSA) is 78.7 Å². The van der Waals surface area contributed by atoms with E-state index in [4.69, 9.17) is 11.6 Å². The van der Waals surface area contributed by atoms with Gasteiger partial charge in [0, 0.05) is 46.8 Å². The van der Waals surface area contributed by atoms with Crippen LogP contribution in [0.4, 0.5) is 23.4 Å². The lowest BCUT2D eigenvalue weighted by Crippen LogP contribution is -2.58. The number of piperazine rings is 1. The van der Waals surface area contributed by atoms with Gasteiger partial charge < -0.3 is 14.9 Å². The molecule has 3 atom stereocenters. The number of thioether (sulfide) groups is 1. The number of carbonyl (C=O) groups excluding carboxylic acids is 1. The molecule has 1 amide bonds.